The first-order valence-electron chi connectivity index (χ1n) is 8.94. The molecule has 3 rings (SSSR count). The van der Waals surface area contributed by atoms with Crippen molar-refractivity contribution in [1.82, 2.24) is 14.8 Å². The molecule has 1 saturated heterocycles. The van der Waals surface area contributed by atoms with E-state index in [0.717, 1.165) is 17.8 Å². The molecule has 0 saturated carbocycles. The standard InChI is InChI=1S/C20H24N4O2/c1-3-16-6-4-5-7-18(16)22-17-8-9-21-19(14-17)20(26)24-12-10-23(11-13-24)15(2)25/h4-9,14H,3,10-13H2,1-2H3,(H,21,22). The van der Waals surface area contributed by atoms with Gasteiger partial charge in [0.15, 0.2) is 0 Å². The van der Waals surface area contributed by atoms with Crippen molar-refractivity contribution in [3.63, 3.8) is 0 Å². The molecule has 0 bridgehead atoms. The SMILES string of the molecule is CCc1ccccc1Nc1ccnc(C(=O)N2CCN(C(C)=O)CC2)c1. The van der Waals surface area contributed by atoms with E-state index in [1.807, 2.05) is 24.3 Å². The number of amides is 2. The third-order valence-corrected chi connectivity index (χ3v) is 4.67. The number of rotatable bonds is 4. The number of anilines is 2. The highest BCUT2D eigenvalue weighted by atomic mass is 16.2. The van der Waals surface area contributed by atoms with Crippen molar-refractivity contribution in [2.45, 2.75) is 20.3 Å². The number of hydrogen-bond donors (Lipinski definition) is 1. The first-order valence-corrected chi connectivity index (χ1v) is 8.94. The number of carbonyl (C=O) groups excluding carboxylic acids is 2. The van der Waals surface area contributed by atoms with E-state index >= 15 is 0 Å². The second-order valence-corrected chi connectivity index (χ2v) is 6.36. The van der Waals surface area contributed by atoms with E-state index in [-0.39, 0.29) is 11.8 Å². The van der Waals surface area contributed by atoms with Gasteiger partial charge in [0, 0.05) is 50.7 Å². The Hall–Kier alpha value is -2.89. The van der Waals surface area contributed by atoms with Crippen molar-refractivity contribution in [1.29, 1.82) is 0 Å². The fourth-order valence-electron chi connectivity index (χ4n) is 3.12. The summed E-state index contributed by atoms with van der Waals surface area (Å²) in [5.74, 6) is -0.0448. The number of pyridine rings is 1. The van der Waals surface area contributed by atoms with Gasteiger partial charge in [-0.05, 0) is 30.2 Å². The zero-order valence-electron chi connectivity index (χ0n) is 15.2. The topological polar surface area (TPSA) is 65.5 Å². The Balaban J connectivity index is 1.71. The van der Waals surface area contributed by atoms with E-state index < -0.39 is 0 Å². The highest BCUT2D eigenvalue weighted by Gasteiger charge is 2.24. The van der Waals surface area contributed by atoms with Crippen LogP contribution in [0.15, 0.2) is 42.6 Å². The number of aryl methyl sites for hydroxylation is 1. The molecule has 2 heterocycles. The Kier molecular flexibility index (Phi) is 5.51. The fraction of sp³-hybridized carbons (Fsp3) is 0.350. The monoisotopic (exact) mass is 352 g/mol. The van der Waals surface area contributed by atoms with Gasteiger partial charge in [-0.2, -0.15) is 0 Å². The van der Waals surface area contributed by atoms with Crippen LogP contribution in [-0.4, -0.2) is 52.8 Å². The quantitative estimate of drug-likeness (QED) is 0.919. The van der Waals surface area contributed by atoms with Crippen LogP contribution < -0.4 is 5.32 Å². The Labute approximate surface area is 153 Å². The van der Waals surface area contributed by atoms with Crippen LogP contribution in [-0.2, 0) is 11.2 Å². The van der Waals surface area contributed by atoms with Gasteiger partial charge in [-0.3, -0.25) is 14.6 Å². The lowest BCUT2D eigenvalue weighted by molar-refractivity contribution is -0.130. The predicted molar refractivity (Wildman–Crippen MR) is 101 cm³/mol. The number of benzene rings is 1. The van der Waals surface area contributed by atoms with Gasteiger partial charge in [-0.25, -0.2) is 0 Å². The first-order chi connectivity index (χ1) is 12.6. The molecule has 0 unspecified atom stereocenters. The second-order valence-electron chi connectivity index (χ2n) is 6.36. The molecule has 6 nitrogen and oxygen atoms in total. The molecule has 2 aromatic rings. The van der Waals surface area contributed by atoms with Gasteiger partial charge in [0.25, 0.3) is 5.91 Å². The minimum atomic E-state index is -0.0966. The summed E-state index contributed by atoms with van der Waals surface area (Å²) in [5, 5.41) is 3.38. The Morgan fingerprint density at radius 3 is 2.46 bits per heavy atom. The van der Waals surface area contributed by atoms with Crippen LogP contribution in [0.2, 0.25) is 0 Å². The maximum Gasteiger partial charge on any atom is 0.272 e. The largest absolute Gasteiger partial charge is 0.355 e. The highest BCUT2D eigenvalue weighted by molar-refractivity contribution is 5.93. The molecule has 1 aromatic heterocycles. The molecule has 0 spiro atoms. The van der Waals surface area contributed by atoms with Gasteiger partial charge in [0.05, 0.1) is 0 Å². The number of para-hydroxylation sites is 1. The van der Waals surface area contributed by atoms with Crippen LogP contribution in [0, 0.1) is 0 Å². The van der Waals surface area contributed by atoms with Crippen LogP contribution in [0.1, 0.15) is 29.9 Å². The zero-order chi connectivity index (χ0) is 18.5. The molecular weight excluding hydrogens is 328 g/mol. The molecule has 136 valence electrons. The maximum atomic E-state index is 12.7. The summed E-state index contributed by atoms with van der Waals surface area (Å²) in [6, 6.07) is 11.8. The van der Waals surface area contributed by atoms with Crippen LogP contribution >= 0.6 is 0 Å². The molecule has 1 N–H and O–H groups in total. The lowest BCUT2D eigenvalue weighted by atomic mass is 10.1. The zero-order valence-corrected chi connectivity index (χ0v) is 15.2. The summed E-state index contributed by atoms with van der Waals surface area (Å²) in [4.78, 5) is 31.9. The van der Waals surface area contributed by atoms with Crippen molar-refractivity contribution >= 4 is 23.2 Å². The highest BCUT2D eigenvalue weighted by Crippen LogP contribution is 2.22. The predicted octanol–water partition coefficient (Wildman–Crippen LogP) is 2.69. The van der Waals surface area contributed by atoms with Crippen LogP contribution in [0.25, 0.3) is 0 Å². The molecule has 0 radical (unpaired) electrons. The number of hydrogen-bond acceptors (Lipinski definition) is 4. The van der Waals surface area contributed by atoms with Crippen molar-refractivity contribution in [2.24, 2.45) is 0 Å². The minimum absolute atomic E-state index is 0.0519. The number of nitrogens with one attached hydrogen (secondary N) is 1. The second kappa shape index (κ2) is 7.99. The van der Waals surface area contributed by atoms with Gasteiger partial charge < -0.3 is 15.1 Å². The molecule has 0 atom stereocenters. The van der Waals surface area contributed by atoms with Crippen molar-refractivity contribution < 1.29 is 9.59 Å². The van der Waals surface area contributed by atoms with E-state index in [1.54, 1.807) is 29.0 Å². The summed E-state index contributed by atoms with van der Waals surface area (Å²) >= 11 is 0. The minimum Gasteiger partial charge on any atom is -0.355 e. The lowest BCUT2D eigenvalue weighted by Crippen LogP contribution is -2.50. The fourth-order valence-corrected chi connectivity index (χ4v) is 3.12. The van der Waals surface area contributed by atoms with Crippen molar-refractivity contribution in [3.05, 3.63) is 53.9 Å². The normalized spacial score (nSPS) is 14.2. The van der Waals surface area contributed by atoms with E-state index in [4.69, 9.17) is 0 Å². The average Bonchev–Trinajstić information content (AvgIpc) is 2.68. The molecule has 6 heteroatoms. The molecule has 26 heavy (non-hydrogen) atoms. The van der Waals surface area contributed by atoms with Gasteiger partial charge in [-0.15, -0.1) is 0 Å². The van der Waals surface area contributed by atoms with E-state index in [1.165, 1.54) is 5.56 Å². The van der Waals surface area contributed by atoms with E-state index in [2.05, 4.69) is 23.3 Å². The lowest BCUT2D eigenvalue weighted by Gasteiger charge is -2.34. The third kappa shape index (κ3) is 4.02. The Morgan fingerprint density at radius 2 is 1.77 bits per heavy atom. The Bertz CT molecular complexity index is 798. The molecule has 2 amide bonds. The van der Waals surface area contributed by atoms with Crippen molar-refractivity contribution in [3.8, 4) is 0 Å². The Morgan fingerprint density at radius 1 is 1.08 bits per heavy atom. The molecule has 0 aliphatic carbocycles. The maximum absolute atomic E-state index is 12.7. The van der Waals surface area contributed by atoms with Gasteiger partial charge in [0.1, 0.15) is 5.69 Å². The average molecular weight is 352 g/mol. The summed E-state index contributed by atoms with van der Waals surface area (Å²) in [5.41, 5.74) is 3.51. The van der Waals surface area contributed by atoms with Gasteiger partial charge >= 0.3 is 0 Å². The van der Waals surface area contributed by atoms with Crippen LogP contribution in [0.3, 0.4) is 0 Å². The molecule has 1 aliphatic heterocycles. The summed E-state index contributed by atoms with van der Waals surface area (Å²) < 4.78 is 0. The summed E-state index contributed by atoms with van der Waals surface area (Å²) in [7, 11) is 0. The number of nitrogens with zero attached hydrogens (tertiary/aromatic N) is 3. The molecule has 1 aliphatic rings. The summed E-state index contributed by atoms with van der Waals surface area (Å²) in [6.07, 6.45) is 2.58. The smallest absolute Gasteiger partial charge is 0.272 e. The van der Waals surface area contributed by atoms with Gasteiger partial charge in [0.2, 0.25) is 5.91 Å². The van der Waals surface area contributed by atoms with E-state index in [0.29, 0.717) is 31.9 Å². The van der Waals surface area contributed by atoms with Crippen molar-refractivity contribution in [2.75, 3.05) is 31.5 Å². The molecular formula is C20H24N4O2. The summed E-state index contributed by atoms with van der Waals surface area (Å²) in [6.45, 7) is 5.89. The van der Waals surface area contributed by atoms with Gasteiger partial charge in [-0.1, -0.05) is 25.1 Å². The number of piperazine rings is 1. The number of carbonyl (C=O) groups is 2. The van der Waals surface area contributed by atoms with Crippen LogP contribution in [0.5, 0.6) is 0 Å². The number of aromatic nitrogens is 1. The van der Waals surface area contributed by atoms with E-state index in [9.17, 15) is 9.59 Å². The van der Waals surface area contributed by atoms with Crippen LogP contribution in [0.4, 0.5) is 11.4 Å². The third-order valence-electron chi connectivity index (χ3n) is 4.67. The first kappa shape index (κ1) is 17.9. The molecule has 1 fully saturated rings. The molecule has 1 aromatic carbocycles.